The summed E-state index contributed by atoms with van der Waals surface area (Å²) in [6.07, 6.45) is 0. The molecule has 0 aromatic heterocycles. The third-order valence-corrected chi connectivity index (χ3v) is 0.926. The van der Waals surface area contributed by atoms with E-state index in [9.17, 15) is 0 Å². The highest BCUT2D eigenvalue weighted by molar-refractivity contribution is 4.68. The molecule has 56 valence electrons. The Labute approximate surface area is 58.2 Å². The summed E-state index contributed by atoms with van der Waals surface area (Å²) in [6, 6.07) is 0. The van der Waals surface area contributed by atoms with E-state index in [0.717, 1.165) is 6.67 Å². The van der Waals surface area contributed by atoms with Gasteiger partial charge in [-0.1, -0.05) is 0 Å². The second kappa shape index (κ2) is 3.18. The van der Waals surface area contributed by atoms with E-state index in [1.165, 1.54) is 0 Å². The maximum atomic E-state index is 3.35. The van der Waals surface area contributed by atoms with Gasteiger partial charge in [0.2, 0.25) is 0 Å². The number of nitrogens with zero attached hydrogens (tertiary/aromatic N) is 1. The molecule has 0 heterocycles. The summed E-state index contributed by atoms with van der Waals surface area (Å²) in [5.41, 5.74) is 0.240. The Kier molecular flexibility index (Phi) is 3.15. The first-order valence-corrected chi connectivity index (χ1v) is 3.31. The Hall–Kier alpha value is -0.0800. The van der Waals surface area contributed by atoms with Gasteiger partial charge >= 0.3 is 0 Å². The standard InChI is InChI=1S/C7H18N2/c1-7(2,3)8-6-9(4)5/h8H,6H2,1-5H3. The van der Waals surface area contributed by atoms with Crippen LogP contribution in [-0.4, -0.2) is 31.2 Å². The molecule has 0 aromatic carbocycles. The molecule has 0 aliphatic rings. The van der Waals surface area contributed by atoms with Crippen LogP contribution in [0.15, 0.2) is 0 Å². The quantitative estimate of drug-likeness (QED) is 0.559. The molecule has 0 aromatic rings. The lowest BCUT2D eigenvalue weighted by Crippen LogP contribution is -2.41. The average Bonchev–Trinajstić information content (AvgIpc) is 1.59. The number of nitrogens with one attached hydrogen (secondary N) is 1. The molecule has 0 radical (unpaired) electrons. The predicted octanol–water partition coefficient (Wildman–Crippen LogP) is 0.894. The summed E-state index contributed by atoms with van der Waals surface area (Å²) in [4.78, 5) is 2.12. The summed E-state index contributed by atoms with van der Waals surface area (Å²) >= 11 is 0. The summed E-state index contributed by atoms with van der Waals surface area (Å²) in [5, 5.41) is 3.35. The molecule has 0 spiro atoms. The predicted molar refractivity (Wildman–Crippen MR) is 41.4 cm³/mol. The molecule has 0 amide bonds. The fourth-order valence-corrected chi connectivity index (χ4v) is 0.395. The van der Waals surface area contributed by atoms with Gasteiger partial charge in [-0.15, -0.1) is 0 Å². The monoisotopic (exact) mass is 130 g/mol. The van der Waals surface area contributed by atoms with Crippen LogP contribution >= 0.6 is 0 Å². The van der Waals surface area contributed by atoms with Gasteiger partial charge < -0.3 is 0 Å². The highest BCUT2D eigenvalue weighted by Crippen LogP contribution is 1.96. The molecule has 0 saturated carbocycles. The van der Waals surface area contributed by atoms with Crippen molar-refractivity contribution in [2.75, 3.05) is 20.8 Å². The molecule has 0 saturated heterocycles. The van der Waals surface area contributed by atoms with Crippen molar-refractivity contribution in [2.24, 2.45) is 0 Å². The van der Waals surface area contributed by atoms with Crippen LogP contribution in [-0.2, 0) is 0 Å². The van der Waals surface area contributed by atoms with Crippen molar-refractivity contribution in [1.82, 2.24) is 10.2 Å². The molecule has 0 bridgehead atoms. The van der Waals surface area contributed by atoms with E-state index in [4.69, 9.17) is 0 Å². The summed E-state index contributed by atoms with van der Waals surface area (Å²) in [6.45, 7) is 7.44. The number of hydrogen-bond donors (Lipinski definition) is 1. The molecule has 0 rings (SSSR count). The average molecular weight is 130 g/mol. The van der Waals surface area contributed by atoms with Crippen molar-refractivity contribution in [2.45, 2.75) is 26.3 Å². The molecule has 1 N–H and O–H groups in total. The molecular formula is C7H18N2. The molecule has 0 aliphatic heterocycles. The van der Waals surface area contributed by atoms with Gasteiger partial charge in [0.15, 0.2) is 0 Å². The first-order valence-electron chi connectivity index (χ1n) is 3.31. The topological polar surface area (TPSA) is 15.3 Å². The first kappa shape index (κ1) is 8.92. The normalized spacial score (nSPS) is 12.7. The Balaban J connectivity index is 3.28. The van der Waals surface area contributed by atoms with Crippen molar-refractivity contribution in [3.8, 4) is 0 Å². The van der Waals surface area contributed by atoms with Crippen molar-refractivity contribution >= 4 is 0 Å². The maximum absolute atomic E-state index is 3.35. The van der Waals surface area contributed by atoms with Crippen LogP contribution in [0, 0.1) is 0 Å². The molecule has 2 heteroatoms. The molecular weight excluding hydrogens is 112 g/mol. The Morgan fingerprint density at radius 2 is 1.67 bits per heavy atom. The summed E-state index contributed by atoms with van der Waals surface area (Å²) < 4.78 is 0. The SMILES string of the molecule is CN(C)CNC(C)(C)C. The second-order valence-electron chi connectivity index (χ2n) is 3.66. The summed E-state index contributed by atoms with van der Waals surface area (Å²) in [7, 11) is 4.11. The lowest BCUT2D eigenvalue weighted by molar-refractivity contribution is 0.302. The Morgan fingerprint density at radius 3 is 1.78 bits per heavy atom. The van der Waals surface area contributed by atoms with E-state index in [0.29, 0.717) is 0 Å². The van der Waals surface area contributed by atoms with Crippen molar-refractivity contribution < 1.29 is 0 Å². The van der Waals surface area contributed by atoms with Gasteiger partial charge in [-0.05, 0) is 34.9 Å². The van der Waals surface area contributed by atoms with Gasteiger partial charge in [0.1, 0.15) is 0 Å². The third-order valence-electron chi connectivity index (χ3n) is 0.926. The Morgan fingerprint density at radius 1 is 1.22 bits per heavy atom. The summed E-state index contributed by atoms with van der Waals surface area (Å²) in [5.74, 6) is 0. The largest absolute Gasteiger partial charge is 0.300 e. The third kappa shape index (κ3) is 7.92. The van der Waals surface area contributed by atoms with Crippen LogP contribution < -0.4 is 5.32 Å². The minimum atomic E-state index is 0.240. The highest BCUT2D eigenvalue weighted by atomic mass is 15.2. The minimum Gasteiger partial charge on any atom is -0.300 e. The zero-order valence-electron chi connectivity index (χ0n) is 7.15. The smallest absolute Gasteiger partial charge is 0.0478 e. The van der Waals surface area contributed by atoms with Crippen molar-refractivity contribution in [3.05, 3.63) is 0 Å². The number of rotatable bonds is 2. The van der Waals surface area contributed by atoms with Crippen molar-refractivity contribution in [1.29, 1.82) is 0 Å². The van der Waals surface area contributed by atoms with Crippen LogP contribution in [0.4, 0.5) is 0 Å². The molecule has 0 aliphatic carbocycles. The fraction of sp³-hybridized carbons (Fsp3) is 1.00. The molecule has 2 nitrogen and oxygen atoms in total. The van der Waals surface area contributed by atoms with Crippen LogP contribution in [0.5, 0.6) is 0 Å². The van der Waals surface area contributed by atoms with Crippen LogP contribution in [0.3, 0.4) is 0 Å². The van der Waals surface area contributed by atoms with E-state index in [-0.39, 0.29) is 5.54 Å². The van der Waals surface area contributed by atoms with E-state index in [1.54, 1.807) is 0 Å². The van der Waals surface area contributed by atoms with E-state index in [2.05, 4.69) is 45.1 Å². The van der Waals surface area contributed by atoms with Gasteiger partial charge in [0.05, 0.1) is 0 Å². The lowest BCUT2D eigenvalue weighted by Gasteiger charge is -2.23. The zero-order valence-corrected chi connectivity index (χ0v) is 7.15. The van der Waals surface area contributed by atoms with E-state index >= 15 is 0 Å². The van der Waals surface area contributed by atoms with E-state index in [1.807, 2.05) is 0 Å². The second-order valence-corrected chi connectivity index (χ2v) is 3.66. The molecule has 0 atom stereocenters. The molecule has 0 unspecified atom stereocenters. The molecule has 9 heavy (non-hydrogen) atoms. The lowest BCUT2D eigenvalue weighted by atomic mass is 10.1. The van der Waals surface area contributed by atoms with Crippen molar-refractivity contribution in [3.63, 3.8) is 0 Å². The fourth-order valence-electron chi connectivity index (χ4n) is 0.395. The Bertz CT molecular complexity index is 71.5. The van der Waals surface area contributed by atoms with Gasteiger partial charge in [-0.2, -0.15) is 0 Å². The zero-order chi connectivity index (χ0) is 7.49. The first-order chi connectivity index (χ1) is 3.92. The van der Waals surface area contributed by atoms with Gasteiger partial charge in [-0.3, -0.25) is 10.2 Å². The van der Waals surface area contributed by atoms with E-state index < -0.39 is 0 Å². The van der Waals surface area contributed by atoms with Crippen LogP contribution in [0.25, 0.3) is 0 Å². The maximum Gasteiger partial charge on any atom is 0.0478 e. The van der Waals surface area contributed by atoms with Gasteiger partial charge in [0, 0.05) is 12.2 Å². The molecule has 0 fully saturated rings. The van der Waals surface area contributed by atoms with Crippen LogP contribution in [0.2, 0.25) is 0 Å². The van der Waals surface area contributed by atoms with Crippen LogP contribution in [0.1, 0.15) is 20.8 Å². The highest BCUT2D eigenvalue weighted by Gasteiger charge is 2.07. The van der Waals surface area contributed by atoms with Gasteiger partial charge in [-0.25, -0.2) is 0 Å². The minimum absolute atomic E-state index is 0.240. The van der Waals surface area contributed by atoms with Gasteiger partial charge in [0.25, 0.3) is 0 Å². The number of hydrogen-bond acceptors (Lipinski definition) is 2.